The summed E-state index contributed by atoms with van der Waals surface area (Å²) >= 11 is 0. The highest BCUT2D eigenvalue weighted by Gasteiger charge is 2.41. The number of benzene rings is 3. The maximum absolute atomic E-state index is 14.4. The molecule has 0 aliphatic heterocycles. The molecule has 2 N–H and O–H groups in total. The van der Waals surface area contributed by atoms with Crippen LogP contribution in [0.5, 0.6) is 0 Å². The summed E-state index contributed by atoms with van der Waals surface area (Å²) in [4.78, 5) is -0.369. The third-order valence-corrected chi connectivity index (χ3v) is 5.95. The van der Waals surface area contributed by atoms with Crippen LogP contribution in [0.15, 0.2) is 83.8 Å². The van der Waals surface area contributed by atoms with Gasteiger partial charge in [-0.2, -0.15) is 18.3 Å². The molecule has 1 heterocycles. The molecule has 10 heteroatoms. The van der Waals surface area contributed by atoms with Crippen LogP contribution in [-0.2, 0) is 22.7 Å². The van der Waals surface area contributed by atoms with Crippen LogP contribution in [0.25, 0.3) is 22.4 Å². The predicted octanol–water partition coefficient (Wildman–Crippen LogP) is 5.07. The van der Waals surface area contributed by atoms with Crippen molar-refractivity contribution in [3.8, 4) is 22.4 Å². The van der Waals surface area contributed by atoms with Crippen molar-refractivity contribution in [1.29, 1.82) is 0 Å². The molecule has 0 spiro atoms. The molecule has 1 aromatic heterocycles. The first-order valence-electron chi connectivity index (χ1n) is 9.66. The Labute approximate surface area is 187 Å². The minimum Gasteiger partial charge on any atom is -0.255 e. The van der Waals surface area contributed by atoms with E-state index in [0.29, 0.717) is 5.56 Å². The summed E-state index contributed by atoms with van der Waals surface area (Å²) in [5.74, 6) is -0.629. The van der Waals surface area contributed by atoms with Gasteiger partial charge in [0.05, 0.1) is 11.4 Å². The van der Waals surface area contributed by atoms with Crippen molar-refractivity contribution in [3.63, 3.8) is 0 Å². The summed E-state index contributed by atoms with van der Waals surface area (Å²) < 4.78 is 81.7. The zero-order valence-electron chi connectivity index (χ0n) is 16.9. The Hall–Kier alpha value is -3.50. The molecule has 4 rings (SSSR count). The third-order valence-electron chi connectivity index (χ3n) is 4.98. The van der Waals surface area contributed by atoms with Gasteiger partial charge in [0, 0.05) is 11.1 Å². The Balaban J connectivity index is 2.07. The van der Waals surface area contributed by atoms with E-state index in [1.807, 2.05) is 0 Å². The first-order valence-corrected chi connectivity index (χ1v) is 11.2. The van der Waals surface area contributed by atoms with E-state index in [2.05, 4.69) is 5.10 Å². The predicted molar refractivity (Wildman–Crippen MR) is 115 cm³/mol. The summed E-state index contributed by atoms with van der Waals surface area (Å²) in [6, 6.07) is 18.3. The highest BCUT2D eigenvalue weighted by atomic mass is 32.2. The summed E-state index contributed by atoms with van der Waals surface area (Å²) in [7, 11) is -4.28. The van der Waals surface area contributed by atoms with E-state index < -0.39 is 27.7 Å². The maximum Gasteiger partial charge on any atom is 0.433 e. The normalized spacial score (nSPS) is 12.2. The van der Waals surface area contributed by atoms with E-state index in [-0.39, 0.29) is 33.8 Å². The average Bonchev–Trinajstić information content (AvgIpc) is 3.14. The first kappa shape index (κ1) is 22.7. The molecule has 0 saturated heterocycles. The van der Waals surface area contributed by atoms with Gasteiger partial charge in [-0.15, -0.1) is 0 Å². The van der Waals surface area contributed by atoms with Crippen LogP contribution in [-0.4, -0.2) is 18.2 Å². The number of hydrogen-bond acceptors (Lipinski definition) is 3. The lowest BCUT2D eigenvalue weighted by molar-refractivity contribution is -0.143. The number of aromatic nitrogens is 2. The number of primary sulfonamides is 1. The second-order valence-corrected chi connectivity index (χ2v) is 8.79. The van der Waals surface area contributed by atoms with E-state index in [4.69, 9.17) is 5.14 Å². The van der Waals surface area contributed by atoms with Gasteiger partial charge in [0.15, 0.2) is 5.69 Å². The number of sulfonamides is 1. The van der Waals surface area contributed by atoms with Gasteiger partial charge in [-0.3, -0.25) is 4.68 Å². The minimum atomic E-state index is -4.85. The van der Waals surface area contributed by atoms with Gasteiger partial charge in [-0.1, -0.05) is 60.7 Å². The van der Waals surface area contributed by atoms with E-state index in [1.54, 1.807) is 30.3 Å². The lowest BCUT2D eigenvalue weighted by Crippen LogP contribution is -2.16. The molecule has 0 bridgehead atoms. The molecule has 0 atom stereocenters. The lowest BCUT2D eigenvalue weighted by Gasteiger charge is -2.13. The Morgan fingerprint density at radius 2 is 1.48 bits per heavy atom. The molecule has 0 aliphatic carbocycles. The monoisotopic (exact) mass is 475 g/mol. The molecule has 0 saturated carbocycles. The quantitative estimate of drug-likeness (QED) is 0.410. The fourth-order valence-corrected chi connectivity index (χ4v) is 4.35. The van der Waals surface area contributed by atoms with Crippen LogP contribution in [0.1, 0.15) is 11.3 Å². The van der Waals surface area contributed by atoms with Crippen LogP contribution in [0.3, 0.4) is 0 Å². The Kier molecular flexibility index (Phi) is 5.81. The van der Waals surface area contributed by atoms with Gasteiger partial charge in [-0.05, 0) is 29.3 Å². The molecular weight excluding hydrogens is 458 g/mol. The molecule has 0 aliphatic rings. The molecule has 33 heavy (non-hydrogen) atoms. The first-order chi connectivity index (χ1) is 15.6. The smallest absolute Gasteiger partial charge is 0.255 e. The SMILES string of the molecule is NS(=O)(=O)c1ccccc1-c1nn(Cc2ccccc2)c(C(F)(F)F)c1-c1ccc(F)cc1. The lowest BCUT2D eigenvalue weighted by atomic mass is 9.98. The topological polar surface area (TPSA) is 78.0 Å². The van der Waals surface area contributed by atoms with Crippen molar-refractivity contribution in [2.45, 2.75) is 17.6 Å². The number of nitrogens with two attached hydrogens (primary N) is 1. The van der Waals surface area contributed by atoms with Gasteiger partial charge in [0.1, 0.15) is 11.5 Å². The van der Waals surface area contributed by atoms with E-state index in [9.17, 15) is 26.0 Å². The summed E-state index contributed by atoms with van der Waals surface area (Å²) in [5, 5.41) is 9.52. The number of halogens is 4. The molecule has 4 aromatic rings. The van der Waals surface area contributed by atoms with Crippen molar-refractivity contribution in [1.82, 2.24) is 9.78 Å². The highest BCUT2D eigenvalue weighted by molar-refractivity contribution is 7.89. The van der Waals surface area contributed by atoms with Crippen molar-refractivity contribution >= 4 is 10.0 Å². The average molecular weight is 475 g/mol. The van der Waals surface area contributed by atoms with Crippen LogP contribution >= 0.6 is 0 Å². The standard InChI is InChI=1S/C23H17F4N3O2S/c24-17-12-10-16(11-13-17)20-21(18-8-4-5-9-19(18)33(28,31)32)29-30(22(20)23(25,26)27)14-15-6-2-1-3-7-15/h1-13H,14H2,(H2,28,31,32). The largest absolute Gasteiger partial charge is 0.433 e. The van der Waals surface area contributed by atoms with Crippen LogP contribution in [0.4, 0.5) is 17.6 Å². The molecule has 0 amide bonds. The molecule has 0 radical (unpaired) electrons. The second kappa shape index (κ2) is 8.45. The zero-order valence-corrected chi connectivity index (χ0v) is 17.7. The molecular formula is C23H17F4N3O2S. The molecule has 5 nitrogen and oxygen atoms in total. The number of rotatable bonds is 5. The molecule has 170 valence electrons. The number of hydrogen-bond donors (Lipinski definition) is 1. The van der Waals surface area contributed by atoms with Gasteiger partial charge in [0.25, 0.3) is 0 Å². The Morgan fingerprint density at radius 1 is 0.879 bits per heavy atom. The van der Waals surface area contributed by atoms with Crippen LogP contribution in [0.2, 0.25) is 0 Å². The fraction of sp³-hybridized carbons (Fsp3) is 0.0870. The maximum atomic E-state index is 14.4. The molecule has 0 fully saturated rings. The molecule has 0 unspecified atom stereocenters. The van der Waals surface area contributed by atoms with Gasteiger partial charge < -0.3 is 0 Å². The van der Waals surface area contributed by atoms with Crippen molar-refractivity contribution in [3.05, 3.63) is 95.9 Å². The summed E-state index contributed by atoms with van der Waals surface area (Å²) in [5.41, 5.74) is -1.18. The summed E-state index contributed by atoms with van der Waals surface area (Å²) in [6.07, 6.45) is -4.85. The van der Waals surface area contributed by atoms with E-state index >= 15 is 0 Å². The molecule has 3 aromatic carbocycles. The minimum absolute atomic E-state index is 0.0299. The van der Waals surface area contributed by atoms with Crippen molar-refractivity contribution < 1.29 is 26.0 Å². The zero-order chi connectivity index (χ0) is 23.8. The van der Waals surface area contributed by atoms with Gasteiger partial charge in [0.2, 0.25) is 10.0 Å². The van der Waals surface area contributed by atoms with Crippen molar-refractivity contribution in [2.24, 2.45) is 5.14 Å². The Bertz CT molecular complexity index is 1400. The fourth-order valence-electron chi connectivity index (χ4n) is 3.61. The third kappa shape index (κ3) is 4.67. The second-order valence-electron chi connectivity index (χ2n) is 7.26. The van der Waals surface area contributed by atoms with Crippen LogP contribution in [0, 0.1) is 5.82 Å². The van der Waals surface area contributed by atoms with Gasteiger partial charge in [-0.25, -0.2) is 17.9 Å². The van der Waals surface area contributed by atoms with Gasteiger partial charge >= 0.3 is 6.18 Å². The number of alkyl halides is 3. The summed E-state index contributed by atoms with van der Waals surface area (Å²) in [6.45, 7) is -0.221. The highest BCUT2D eigenvalue weighted by Crippen LogP contribution is 2.44. The Morgan fingerprint density at radius 3 is 2.09 bits per heavy atom. The van der Waals surface area contributed by atoms with Crippen LogP contribution < -0.4 is 5.14 Å². The number of nitrogens with zero attached hydrogens (tertiary/aromatic N) is 2. The van der Waals surface area contributed by atoms with E-state index in [0.717, 1.165) is 16.8 Å². The van der Waals surface area contributed by atoms with Crippen molar-refractivity contribution in [2.75, 3.05) is 0 Å². The van der Waals surface area contributed by atoms with E-state index in [1.165, 1.54) is 36.4 Å².